The molecule has 0 amide bonds. The second-order valence-corrected chi connectivity index (χ2v) is 5.83. The maximum atomic E-state index is 5.80. The molecule has 5 nitrogen and oxygen atoms in total. The van der Waals surface area contributed by atoms with E-state index >= 15 is 0 Å². The van der Waals surface area contributed by atoms with Crippen molar-refractivity contribution < 1.29 is 8.94 Å². The quantitative estimate of drug-likeness (QED) is 0.842. The number of hydrogen-bond donors (Lipinski definition) is 1. The van der Waals surface area contributed by atoms with Gasteiger partial charge < -0.3 is 14.7 Å². The van der Waals surface area contributed by atoms with Crippen LogP contribution in [0.5, 0.6) is 0 Å². The van der Waals surface area contributed by atoms with Crippen LogP contribution in [0.25, 0.3) is 11.5 Å². The standard InChI is InChI=1S/C15H23N3O2/c1-4-18(11-15(2,3)10-16)9-12-8-14(20-17-12)13-6-5-7-19-13/h5-8H,4,9-11,16H2,1-3H3. The van der Waals surface area contributed by atoms with Crippen molar-refractivity contribution in [3.05, 3.63) is 30.2 Å². The number of nitrogens with zero attached hydrogens (tertiary/aromatic N) is 2. The van der Waals surface area contributed by atoms with E-state index in [1.165, 1.54) is 0 Å². The van der Waals surface area contributed by atoms with E-state index in [9.17, 15) is 0 Å². The highest BCUT2D eigenvalue weighted by molar-refractivity contribution is 5.49. The Morgan fingerprint density at radius 1 is 1.35 bits per heavy atom. The molecule has 0 aliphatic heterocycles. The summed E-state index contributed by atoms with van der Waals surface area (Å²) in [5.41, 5.74) is 6.81. The Balaban J connectivity index is 2.01. The second-order valence-electron chi connectivity index (χ2n) is 5.83. The van der Waals surface area contributed by atoms with Crippen molar-refractivity contribution in [2.75, 3.05) is 19.6 Å². The fraction of sp³-hybridized carbons (Fsp3) is 0.533. The normalized spacial score (nSPS) is 12.2. The van der Waals surface area contributed by atoms with Gasteiger partial charge in [0.05, 0.1) is 12.0 Å². The summed E-state index contributed by atoms with van der Waals surface area (Å²) in [6.45, 7) is 9.79. The molecule has 2 rings (SSSR count). The fourth-order valence-electron chi connectivity index (χ4n) is 2.10. The van der Waals surface area contributed by atoms with Gasteiger partial charge in [0, 0.05) is 19.2 Å². The average Bonchev–Trinajstić information content (AvgIpc) is 3.08. The van der Waals surface area contributed by atoms with Crippen LogP contribution in [0.3, 0.4) is 0 Å². The molecule has 0 saturated carbocycles. The molecular formula is C15H23N3O2. The third-order valence-corrected chi connectivity index (χ3v) is 3.36. The average molecular weight is 277 g/mol. The SMILES string of the molecule is CCN(Cc1cc(-c2ccco2)on1)CC(C)(C)CN. The van der Waals surface area contributed by atoms with Crippen LogP contribution in [-0.2, 0) is 6.54 Å². The van der Waals surface area contributed by atoms with Gasteiger partial charge in [-0.3, -0.25) is 4.90 Å². The number of hydrogen-bond acceptors (Lipinski definition) is 5. The van der Waals surface area contributed by atoms with Gasteiger partial charge in [-0.25, -0.2) is 0 Å². The summed E-state index contributed by atoms with van der Waals surface area (Å²) >= 11 is 0. The highest BCUT2D eigenvalue weighted by Gasteiger charge is 2.20. The lowest BCUT2D eigenvalue weighted by Crippen LogP contribution is -2.38. The van der Waals surface area contributed by atoms with E-state index in [0.717, 1.165) is 25.3 Å². The van der Waals surface area contributed by atoms with E-state index in [4.69, 9.17) is 14.7 Å². The van der Waals surface area contributed by atoms with Gasteiger partial charge in [-0.1, -0.05) is 25.9 Å². The van der Waals surface area contributed by atoms with Crippen LogP contribution in [-0.4, -0.2) is 29.7 Å². The van der Waals surface area contributed by atoms with Gasteiger partial charge in [0.2, 0.25) is 5.76 Å². The molecule has 110 valence electrons. The van der Waals surface area contributed by atoms with E-state index in [1.54, 1.807) is 6.26 Å². The first kappa shape index (κ1) is 14.8. The molecule has 2 aromatic rings. The Kier molecular flexibility index (Phi) is 4.62. The first-order chi connectivity index (χ1) is 9.54. The molecule has 0 aromatic carbocycles. The smallest absolute Gasteiger partial charge is 0.202 e. The van der Waals surface area contributed by atoms with Crippen molar-refractivity contribution in [3.63, 3.8) is 0 Å². The molecule has 0 aliphatic carbocycles. The minimum Gasteiger partial charge on any atom is -0.461 e. The second kappa shape index (κ2) is 6.24. The molecule has 2 aromatic heterocycles. The van der Waals surface area contributed by atoms with E-state index in [1.807, 2.05) is 18.2 Å². The molecule has 0 atom stereocenters. The topological polar surface area (TPSA) is 68.4 Å². The lowest BCUT2D eigenvalue weighted by Gasteiger charge is -2.30. The van der Waals surface area contributed by atoms with E-state index in [0.29, 0.717) is 18.1 Å². The van der Waals surface area contributed by atoms with Gasteiger partial charge >= 0.3 is 0 Å². The van der Waals surface area contributed by atoms with Gasteiger partial charge in [0.1, 0.15) is 0 Å². The summed E-state index contributed by atoms with van der Waals surface area (Å²) in [7, 11) is 0. The van der Waals surface area contributed by atoms with E-state index in [2.05, 4.69) is 30.8 Å². The first-order valence-corrected chi connectivity index (χ1v) is 6.96. The minimum absolute atomic E-state index is 0.101. The number of furan rings is 1. The molecule has 0 unspecified atom stereocenters. The van der Waals surface area contributed by atoms with Crippen LogP contribution in [0.15, 0.2) is 33.4 Å². The minimum atomic E-state index is 0.101. The van der Waals surface area contributed by atoms with Gasteiger partial charge in [-0.15, -0.1) is 0 Å². The van der Waals surface area contributed by atoms with Gasteiger partial charge in [-0.2, -0.15) is 0 Å². The van der Waals surface area contributed by atoms with Crippen molar-refractivity contribution in [1.82, 2.24) is 10.1 Å². The summed E-state index contributed by atoms with van der Waals surface area (Å²) in [4.78, 5) is 2.32. The highest BCUT2D eigenvalue weighted by atomic mass is 16.5. The molecule has 20 heavy (non-hydrogen) atoms. The molecular weight excluding hydrogens is 254 g/mol. The zero-order valence-corrected chi connectivity index (χ0v) is 12.4. The third kappa shape index (κ3) is 3.71. The van der Waals surface area contributed by atoms with Crippen molar-refractivity contribution in [2.24, 2.45) is 11.1 Å². The molecule has 0 spiro atoms. The number of aromatic nitrogens is 1. The fourth-order valence-corrected chi connectivity index (χ4v) is 2.10. The maximum Gasteiger partial charge on any atom is 0.202 e. The summed E-state index contributed by atoms with van der Waals surface area (Å²) in [5.74, 6) is 1.37. The van der Waals surface area contributed by atoms with Crippen LogP contribution in [0.4, 0.5) is 0 Å². The summed E-state index contributed by atoms with van der Waals surface area (Å²) in [6.07, 6.45) is 1.62. The maximum absolute atomic E-state index is 5.80. The van der Waals surface area contributed by atoms with E-state index < -0.39 is 0 Å². The van der Waals surface area contributed by atoms with Crippen molar-refractivity contribution >= 4 is 0 Å². The van der Waals surface area contributed by atoms with E-state index in [-0.39, 0.29) is 5.41 Å². The molecule has 0 aliphatic rings. The monoisotopic (exact) mass is 277 g/mol. The predicted octanol–water partition coefficient (Wildman–Crippen LogP) is 2.74. The Morgan fingerprint density at radius 2 is 2.15 bits per heavy atom. The molecule has 0 fully saturated rings. The number of nitrogens with two attached hydrogens (primary N) is 1. The molecule has 2 N–H and O–H groups in total. The zero-order chi connectivity index (χ0) is 14.6. The summed E-state index contributed by atoms with van der Waals surface area (Å²) in [6, 6.07) is 5.62. The van der Waals surface area contributed by atoms with Gasteiger partial charge in [0.25, 0.3) is 0 Å². The molecule has 0 bridgehead atoms. The first-order valence-electron chi connectivity index (χ1n) is 6.96. The van der Waals surface area contributed by atoms with Crippen LogP contribution in [0, 0.1) is 5.41 Å². The Labute approximate surface area is 119 Å². The molecule has 5 heteroatoms. The number of rotatable bonds is 7. The third-order valence-electron chi connectivity index (χ3n) is 3.36. The van der Waals surface area contributed by atoms with Crippen LogP contribution in [0.2, 0.25) is 0 Å². The van der Waals surface area contributed by atoms with Gasteiger partial charge in [0.15, 0.2) is 5.76 Å². The lowest BCUT2D eigenvalue weighted by molar-refractivity contribution is 0.179. The Hall–Kier alpha value is -1.59. The Bertz CT molecular complexity index is 517. The van der Waals surface area contributed by atoms with Crippen molar-refractivity contribution in [2.45, 2.75) is 27.3 Å². The highest BCUT2D eigenvalue weighted by Crippen LogP contribution is 2.22. The van der Waals surface area contributed by atoms with Crippen molar-refractivity contribution in [3.8, 4) is 11.5 Å². The predicted molar refractivity (Wildman–Crippen MR) is 78.0 cm³/mol. The van der Waals surface area contributed by atoms with Crippen molar-refractivity contribution in [1.29, 1.82) is 0 Å². The van der Waals surface area contributed by atoms with Gasteiger partial charge in [-0.05, 0) is 30.6 Å². The van der Waals surface area contributed by atoms with Crippen LogP contribution >= 0.6 is 0 Å². The Morgan fingerprint density at radius 3 is 2.75 bits per heavy atom. The van der Waals surface area contributed by atoms with Crippen LogP contribution in [0.1, 0.15) is 26.5 Å². The molecule has 0 saturated heterocycles. The molecule has 0 radical (unpaired) electrons. The van der Waals surface area contributed by atoms with Crippen LogP contribution < -0.4 is 5.73 Å². The molecule has 2 heterocycles. The summed E-state index contributed by atoms with van der Waals surface area (Å²) < 4.78 is 10.6. The summed E-state index contributed by atoms with van der Waals surface area (Å²) in [5, 5.41) is 4.11. The largest absolute Gasteiger partial charge is 0.461 e. The lowest BCUT2D eigenvalue weighted by atomic mass is 9.93. The zero-order valence-electron chi connectivity index (χ0n) is 12.4.